The Kier molecular flexibility index (Phi) is 3.63. The maximum Gasteiger partial charge on any atom is 0.240 e. The number of amides is 2. The molecule has 94 valence electrons. The second-order valence-corrected chi connectivity index (χ2v) is 4.43. The van der Waals surface area contributed by atoms with Crippen molar-refractivity contribution in [2.24, 2.45) is 5.73 Å². The lowest BCUT2D eigenvalue weighted by Gasteiger charge is -2.25. The van der Waals surface area contributed by atoms with E-state index < -0.39 is 0 Å². The highest BCUT2D eigenvalue weighted by atomic mass is 32.1. The van der Waals surface area contributed by atoms with E-state index in [-0.39, 0.29) is 29.9 Å². The van der Waals surface area contributed by atoms with Crippen molar-refractivity contribution >= 4 is 29.0 Å². The van der Waals surface area contributed by atoms with Gasteiger partial charge in [0.25, 0.3) is 0 Å². The van der Waals surface area contributed by atoms with Crippen LogP contribution in [-0.4, -0.2) is 39.8 Å². The largest absolute Gasteiger partial charge is 0.388 e. The van der Waals surface area contributed by atoms with Gasteiger partial charge in [0.05, 0.1) is 13.1 Å². The average molecular weight is 264 g/mol. The Hall–Kier alpha value is -1.86. The third kappa shape index (κ3) is 2.88. The van der Waals surface area contributed by atoms with Crippen molar-refractivity contribution in [3.63, 3.8) is 0 Å². The zero-order valence-corrected chi connectivity index (χ0v) is 10.4. The van der Waals surface area contributed by atoms with Crippen molar-refractivity contribution in [3.05, 3.63) is 29.6 Å². The molecule has 1 aromatic heterocycles. The highest BCUT2D eigenvalue weighted by Crippen LogP contribution is 2.10. The van der Waals surface area contributed by atoms with Gasteiger partial charge in [-0.3, -0.25) is 24.8 Å². The number of piperazine rings is 1. The summed E-state index contributed by atoms with van der Waals surface area (Å²) in [6.07, 6.45) is 1.60. The van der Waals surface area contributed by atoms with Crippen molar-refractivity contribution in [2.45, 2.75) is 6.54 Å². The van der Waals surface area contributed by atoms with Crippen LogP contribution >= 0.6 is 12.2 Å². The predicted octanol–water partition coefficient (Wildman–Crippen LogP) is -0.826. The predicted molar refractivity (Wildman–Crippen MR) is 68.6 cm³/mol. The van der Waals surface area contributed by atoms with Crippen LogP contribution in [0.1, 0.15) is 11.3 Å². The summed E-state index contributed by atoms with van der Waals surface area (Å²) in [6, 6.07) is 3.60. The summed E-state index contributed by atoms with van der Waals surface area (Å²) in [5.41, 5.74) is 6.92. The quantitative estimate of drug-likeness (QED) is 0.547. The van der Waals surface area contributed by atoms with E-state index in [9.17, 15) is 9.59 Å². The molecule has 1 aromatic rings. The first-order valence-corrected chi connectivity index (χ1v) is 5.76. The molecule has 18 heavy (non-hydrogen) atoms. The minimum absolute atomic E-state index is 0.178. The fourth-order valence-corrected chi connectivity index (χ4v) is 2.02. The first kappa shape index (κ1) is 12.6. The highest BCUT2D eigenvalue weighted by molar-refractivity contribution is 7.80. The van der Waals surface area contributed by atoms with Crippen molar-refractivity contribution < 1.29 is 9.59 Å². The van der Waals surface area contributed by atoms with E-state index in [1.54, 1.807) is 17.2 Å². The molecular formula is C11H12N4O2S. The number of rotatable bonds is 3. The molecule has 1 saturated heterocycles. The number of thiocarbonyl (C=S) groups is 1. The van der Waals surface area contributed by atoms with E-state index >= 15 is 0 Å². The third-order valence-electron chi connectivity index (χ3n) is 2.53. The SMILES string of the molecule is NC(=S)c1ncccc1CN1CC(=O)NC(=O)C1. The number of nitrogens with zero attached hydrogens (tertiary/aromatic N) is 2. The maximum absolute atomic E-state index is 11.3. The van der Waals surface area contributed by atoms with E-state index in [2.05, 4.69) is 10.3 Å². The molecule has 0 bridgehead atoms. The average Bonchev–Trinajstić information content (AvgIpc) is 2.27. The molecule has 0 spiro atoms. The molecule has 0 aromatic carbocycles. The maximum atomic E-state index is 11.3. The van der Waals surface area contributed by atoms with Crippen LogP contribution in [0.2, 0.25) is 0 Å². The van der Waals surface area contributed by atoms with Gasteiger partial charge in [-0.25, -0.2) is 0 Å². The summed E-state index contributed by atoms with van der Waals surface area (Å²) >= 11 is 4.91. The number of carbonyl (C=O) groups is 2. The van der Waals surface area contributed by atoms with Crippen molar-refractivity contribution in [1.29, 1.82) is 0 Å². The first-order valence-electron chi connectivity index (χ1n) is 5.35. The van der Waals surface area contributed by atoms with Crippen LogP contribution in [0.15, 0.2) is 18.3 Å². The summed E-state index contributed by atoms with van der Waals surface area (Å²) < 4.78 is 0. The molecule has 2 heterocycles. The summed E-state index contributed by atoms with van der Waals surface area (Å²) in [5, 5.41) is 2.25. The molecule has 0 radical (unpaired) electrons. The Labute approximate surface area is 109 Å². The van der Waals surface area contributed by atoms with Gasteiger partial charge in [0.2, 0.25) is 11.8 Å². The number of hydrogen-bond acceptors (Lipinski definition) is 5. The molecule has 0 saturated carbocycles. The van der Waals surface area contributed by atoms with Crippen LogP contribution in [0.4, 0.5) is 0 Å². The monoisotopic (exact) mass is 264 g/mol. The number of hydrogen-bond donors (Lipinski definition) is 2. The Morgan fingerprint density at radius 2 is 2.11 bits per heavy atom. The van der Waals surface area contributed by atoms with Crippen LogP contribution in [0.3, 0.4) is 0 Å². The third-order valence-corrected chi connectivity index (χ3v) is 2.73. The molecule has 0 aliphatic carbocycles. The fraction of sp³-hybridized carbons (Fsp3) is 0.273. The topological polar surface area (TPSA) is 88.3 Å². The normalized spacial score (nSPS) is 16.4. The molecule has 3 N–H and O–H groups in total. The molecule has 0 atom stereocenters. The van der Waals surface area contributed by atoms with Gasteiger partial charge in [-0.05, 0) is 11.6 Å². The minimum Gasteiger partial charge on any atom is -0.388 e. The molecule has 2 amide bonds. The van der Waals surface area contributed by atoms with Crippen molar-refractivity contribution in [1.82, 2.24) is 15.2 Å². The summed E-state index contributed by atoms with van der Waals surface area (Å²) in [7, 11) is 0. The smallest absolute Gasteiger partial charge is 0.240 e. The van der Waals surface area contributed by atoms with E-state index in [0.29, 0.717) is 12.2 Å². The second-order valence-electron chi connectivity index (χ2n) is 3.99. The Bertz CT molecular complexity index is 502. The molecule has 0 unspecified atom stereocenters. The molecule has 6 nitrogen and oxygen atoms in total. The van der Waals surface area contributed by atoms with Gasteiger partial charge in [-0.2, -0.15) is 0 Å². The lowest BCUT2D eigenvalue weighted by atomic mass is 10.1. The van der Waals surface area contributed by atoms with Gasteiger partial charge in [-0.1, -0.05) is 18.3 Å². The standard InChI is InChI=1S/C11H12N4O2S/c12-11(18)10-7(2-1-3-13-10)4-15-5-8(16)14-9(17)6-15/h1-3H,4-6H2,(H2,12,18)(H,14,16,17). The fourth-order valence-electron chi connectivity index (χ4n) is 1.84. The van der Waals surface area contributed by atoms with Gasteiger partial charge in [0, 0.05) is 12.7 Å². The van der Waals surface area contributed by atoms with Gasteiger partial charge in [0.15, 0.2) is 0 Å². The van der Waals surface area contributed by atoms with E-state index in [1.165, 1.54) is 0 Å². The molecule has 7 heteroatoms. The Balaban J connectivity index is 2.16. The van der Waals surface area contributed by atoms with Gasteiger partial charge in [0.1, 0.15) is 10.7 Å². The summed E-state index contributed by atoms with van der Waals surface area (Å²) in [6.45, 7) is 0.772. The van der Waals surface area contributed by atoms with Crippen LogP contribution in [0.5, 0.6) is 0 Å². The number of nitrogens with one attached hydrogen (secondary N) is 1. The zero-order chi connectivity index (χ0) is 13.1. The highest BCUT2D eigenvalue weighted by Gasteiger charge is 2.23. The zero-order valence-electron chi connectivity index (χ0n) is 9.55. The van der Waals surface area contributed by atoms with Crippen molar-refractivity contribution in [2.75, 3.05) is 13.1 Å². The molecule has 1 aliphatic rings. The minimum atomic E-state index is -0.299. The Morgan fingerprint density at radius 3 is 2.72 bits per heavy atom. The summed E-state index contributed by atoms with van der Waals surface area (Å²) in [5.74, 6) is -0.598. The van der Waals surface area contributed by atoms with Gasteiger partial charge < -0.3 is 5.73 Å². The summed E-state index contributed by atoms with van der Waals surface area (Å²) in [4.78, 5) is 28.5. The van der Waals surface area contributed by atoms with Gasteiger partial charge in [-0.15, -0.1) is 0 Å². The van der Waals surface area contributed by atoms with Crippen molar-refractivity contribution in [3.8, 4) is 0 Å². The number of pyridine rings is 1. The lowest BCUT2D eigenvalue weighted by Crippen LogP contribution is -2.51. The van der Waals surface area contributed by atoms with Gasteiger partial charge >= 0.3 is 0 Å². The van der Waals surface area contributed by atoms with E-state index in [0.717, 1.165) is 5.56 Å². The second kappa shape index (κ2) is 5.19. The number of nitrogens with two attached hydrogens (primary N) is 1. The number of imide groups is 1. The van der Waals surface area contributed by atoms with Crippen LogP contribution in [-0.2, 0) is 16.1 Å². The molecule has 2 rings (SSSR count). The molecule has 1 fully saturated rings. The molecular weight excluding hydrogens is 252 g/mol. The van der Waals surface area contributed by atoms with E-state index in [4.69, 9.17) is 18.0 Å². The number of aromatic nitrogens is 1. The number of carbonyl (C=O) groups excluding carboxylic acids is 2. The Morgan fingerprint density at radius 1 is 1.44 bits per heavy atom. The first-order chi connectivity index (χ1) is 8.56. The molecule has 1 aliphatic heterocycles. The van der Waals surface area contributed by atoms with Crippen LogP contribution < -0.4 is 11.1 Å². The lowest BCUT2D eigenvalue weighted by molar-refractivity contribution is -0.136. The van der Waals surface area contributed by atoms with Crippen LogP contribution in [0, 0.1) is 0 Å². The van der Waals surface area contributed by atoms with Crippen LogP contribution in [0.25, 0.3) is 0 Å². The van der Waals surface area contributed by atoms with E-state index in [1.807, 2.05) is 6.07 Å².